The Balaban J connectivity index is 2.39. The largest absolute Gasteiger partial charge is 0.378 e. The predicted molar refractivity (Wildman–Crippen MR) is 105 cm³/mol. The van der Waals surface area contributed by atoms with Gasteiger partial charge in [0.1, 0.15) is 11.1 Å². The molecule has 0 fully saturated rings. The van der Waals surface area contributed by atoms with E-state index in [1.54, 1.807) is 12.1 Å². The lowest BCUT2D eigenvalue weighted by Crippen LogP contribution is -2.32. The zero-order valence-corrected chi connectivity index (χ0v) is 16.7. The number of alkyl halides is 1. The monoisotopic (exact) mass is 412 g/mol. The van der Waals surface area contributed by atoms with Crippen LogP contribution in [0.3, 0.4) is 0 Å². The molecule has 2 rings (SSSR count). The zero-order chi connectivity index (χ0) is 20.0. The molecule has 0 spiro atoms. The Morgan fingerprint density at radius 3 is 2.22 bits per heavy atom. The molecule has 2 aromatic rings. The molecule has 8 heteroatoms. The second-order valence-electron chi connectivity index (χ2n) is 6.22. The van der Waals surface area contributed by atoms with Crippen LogP contribution < -0.4 is 10.2 Å². The van der Waals surface area contributed by atoms with E-state index in [0.717, 1.165) is 17.8 Å². The maximum Gasteiger partial charge on any atom is 0.221 e. The number of halogens is 2. The molecule has 0 aliphatic rings. The maximum atomic E-state index is 13.2. The number of benzene rings is 2. The Morgan fingerprint density at radius 2 is 1.70 bits per heavy atom. The van der Waals surface area contributed by atoms with Gasteiger partial charge in [-0.2, -0.15) is 0 Å². The molecule has 5 nitrogen and oxygen atoms in total. The Hall–Kier alpha value is -2.12. The van der Waals surface area contributed by atoms with Crippen LogP contribution in [0.5, 0.6) is 0 Å². The minimum Gasteiger partial charge on any atom is -0.378 e. The van der Waals surface area contributed by atoms with Gasteiger partial charge in [-0.15, -0.1) is 11.6 Å². The van der Waals surface area contributed by atoms with Crippen LogP contribution in [0.15, 0.2) is 53.4 Å². The summed E-state index contributed by atoms with van der Waals surface area (Å²) in [5.74, 6) is -0.691. The quantitative estimate of drug-likeness (QED) is 0.534. The van der Waals surface area contributed by atoms with Crippen LogP contribution >= 0.6 is 11.6 Å². The zero-order valence-electron chi connectivity index (χ0n) is 15.2. The fraction of sp³-hybridized carbons (Fsp3) is 0.316. The molecule has 0 aliphatic heterocycles. The number of amides is 1. The Bertz CT molecular complexity index is 869. The molecule has 0 aliphatic carbocycles. The molecule has 0 saturated heterocycles. The van der Waals surface area contributed by atoms with Crippen molar-refractivity contribution in [1.29, 1.82) is 0 Å². The van der Waals surface area contributed by atoms with Gasteiger partial charge in [0, 0.05) is 38.6 Å². The van der Waals surface area contributed by atoms with Crippen LogP contribution in [-0.2, 0) is 14.6 Å². The SMILES string of the molecule is CN(C)c1ccc([C@H](CNC(=O)CCCl)S(=O)(=O)c2ccc(F)cc2)cc1. The summed E-state index contributed by atoms with van der Waals surface area (Å²) in [5, 5.41) is 1.62. The van der Waals surface area contributed by atoms with Gasteiger partial charge < -0.3 is 10.2 Å². The number of hydrogen-bond acceptors (Lipinski definition) is 4. The fourth-order valence-electron chi connectivity index (χ4n) is 2.56. The molecular weight excluding hydrogens is 391 g/mol. The van der Waals surface area contributed by atoms with E-state index in [1.165, 1.54) is 12.1 Å². The van der Waals surface area contributed by atoms with E-state index in [1.807, 2.05) is 31.1 Å². The third-order valence-corrected chi connectivity index (χ3v) is 6.41. The lowest BCUT2D eigenvalue weighted by molar-refractivity contribution is -0.120. The molecule has 0 unspecified atom stereocenters. The molecule has 27 heavy (non-hydrogen) atoms. The van der Waals surface area contributed by atoms with Crippen molar-refractivity contribution in [1.82, 2.24) is 5.32 Å². The fourth-order valence-corrected chi connectivity index (χ4v) is 4.40. The summed E-state index contributed by atoms with van der Waals surface area (Å²) in [5.41, 5.74) is 1.46. The predicted octanol–water partition coefficient (Wildman–Crippen LogP) is 3.15. The van der Waals surface area contributed by atoms with Crippen LogP contribution in [0.1, 0.15) is 17.2 Å². The van der Waals surface area contributed by atoms with E-state index in [4.69, 9.17) is 11.6 Å². The standard InChI is InChI=1S/C19H22ClFN2O3S/c1-23(2)16-7-3-14(4-8-16)18(13-22-19(24)11-12-20)27(25,26)17-9-5-15(21)6-10-17/h3-10,18H,11-13H2,1-2H3,(H,22,24)/t18-/m0/s1. The molecule has 2 aromatic carbocycles. The molecule has 0 heterocycles. The highest BCUT2D eigenvalue weighted by molar-refractivity contribution is 7.91. The summed E-state index contributed by atoms with van der Waals surface area (Å²) in [4.78, 5) is 13.7. The van der Waals surface area contributed by atoms with Crippen molar-refractivity contribution < 1.29 is 17.6 Å². The molecule has 146 valence electrons. The molecule has 0 saturated carbocycles. The van der Waals surface area contributed by atoms with Crippen molar-refractivity contribution >= 4 is 33.0 Å². The third kappa shape index (κ3) is 5.43. The number of nitrogens with zero attached hydrogens (tertiary/aromatic N) is 1. The van der Waals surface area contributed by atoms with Crippen LogP contribution in [0.2, 0.25) is 0 Å². The van der Waals surface area contributed by atoms with Crippen molar-refractivity contribution in [3.05, 3.63) is 59.9 Å². The first-order chi connectivity index (χ1) is 12.8. The first kappa shape index (κ1) is 21.2. The minimum atomic E-state index is -3.84. The van der Waals surface area contributed by atoms with E-state index in [2.05, 4.69) is 5.32 Å². The van der Waals surface area contributed by atoms with Gasteiger partial charge in [-0.1, -0.05) is 12.1 Å². The average molecular weight is 413 g/mol. The molecule has 1 amide bonds. The topological polar surface area (TPSA) is 66.5 Å². The van der Waals surface area contributed by atoms with E-state index >= 15 is 0 Å². The normalized spacial score (nSPS) is 12.4. The number of rotatable bonds is 8. The Kier molecular flexibility index (Phi) is 7.21. The number of carbonyl (C=O) groups is 1. The van der Waals surface area contributed by atoms with Crippen molar-refractivity contribution in [2.75, 3.05) is 31.4 Å². The summed E-state index contributed by atoms with van der Waals surface area (Å²) in [6, 6.07) is 11.7. The van der Waals surface area contributed by atoms with E-state index < -0.39 is 20.9 Å². The molecule has 0 radical (unpaired) electrons. The highest BCUT2D eigenvalue weighted by atomic mass is 35.5. The smallest absolute Gasteiger partial charge is 0.221 e. The Morgan fingerprint density at radius 1 is 1.11 bits per heavy atom. The van der Waals surface area contributed by atoms with Gasteiger partial charge in [-0.05, 0) is 42.0 Å². The first-order valence-electron chi connectivity index (χ1n) is 8.35. The second kappa shape index (κ2) is 9.19. The van der Waals surface area contributed by atoms with E-state index in [-0.39, 0.29) is 29.6 Å². The van der Waals surface area contributed by atoms with Crippen molar-refractivity contribution in [3.8, 4) is 0 Å². The Labute approximate surface area is 164 Å². The third-order valence-electron chi connectivity index (χ3n) is 4.10. The lowest BCUT2D eigenvalue weighted by atomic mass is 10.1. The maximum absolute atomic E-state index is 13.2. The number of anilines is 1. The molecule has 0 bridgehead atoms. The molecular formula is C19H22ClFN2O3S. The van der Waals surface area contributed by atoms with Gasteiger partial charge in [-0.25, -0.2) is 12.8 Å². The average Bonchev–Trinajstić information content (AvgIpc) is 2.62. The first-order valence-corrected chi connectivity index (χ1v) is 10.4. The van der Waals surface area contributed by atoms with Gasteiger partial charge in [0.05, 0.1) is 4.90 Å². The lowest BCUT2D eigenvalue weighted by Gasteiger charge is -2.20. The highest BCUT2D eigenvalue weighted by Crippen LogP contribution is 2.30. The number of hydrogen-bond donors (Lipinski definition) is 1. The van der Waals surface area contributed by atoms with Gasteiger partial charge in [0.15, 0.2) is 9.84 Å². The summed E-state index contributed by atoms with van der Waals surface area (Å²) in [7, 11) is -0.0764. The van der Waals surface area contributed by atoms with Gasteiger partial charge in [-0.3, -0.25) is 4.79 Å². The van der Waals surface area contributed by atoms with Crippen LogP contribution in [-0.4, -0.2) is 40.8 Å². The van der Waals surface area contributed by atoms with Crippen molar-refractivity contribution in [2.45, 2.75) is 16.6 Å². The summed E-state index contributed by atoms with van der Waals surface area (Å²) < 4.78 is 39.4. The highest BCUT2D eigenvalue weighted by Gasteiger charge is 2.29. The molecule has 0 aromatic heterocycles. The summed E-state index contributed by atoms with van der Waals surface area (Å²) in [6.07, 6.45) is 0.102. The van der Waals surface area contributed by atoms with Gasteiger partial charge in [0.25, 0.3) is 0 Å². The van der Waals surface area contributed by atoms with Crippen molar-refractivity contribution in [2.24, 2.45) is 0 Å². The van der Waals surface area contributed by atoms with Crippen LogP contribution in [0, 0.1) is 5.82 Å². The van der Waals surface area contributed by atoms with Gasteiger partial charge >= 0.3 is 0 Å². The number of nitrogens with one attached hydrogen (secondary N) is 1. The molecule has 1 atom stereocenters. The van der Waals surface area contributed by atoms with Crippen molar-refractivity contribution in [3.63, 3.8) is 0 Å². The van der Waals surface area contributed by atoms with Gasteiger partial charge in [0.2, 0.25) is 5.91 Å². The van der Waals surface area contributed by atoms with Crippen LogP contribution in [0.4, 0.5) is 10.1 Å². The van der Waals surface area contributed by atoms with E-state index in [9.17, 15) is 17.6 Å². The number of carbonyl (C=O) groups excluding carboxylic acids is 1. The summed E-state index contributed by atoms with van der Waals surface area (Å²) in [6.45, 7) is -0.100. The second-order valence-corrected chi connectivity index (χ2v) is 8.73. The van der Waals surface area contributed by atoms with E-state index in [0.29, 0.717) is 5.56 Å². The minimum absolute atomic E-state index is 0.00261. The summed E-state index contributed by atoms with van der Waals surface area (Å²) >= 11 is 5.56. The molecule has 1 N–H and O–H groups in total. The number of sulfone groups is 1. The van der Waals surface area contributed by atoms with Crippen LogP contribution in [0.25, 0.3) is 0 Å².